The summed E-state index contributed by atoms with van der Waals surface area (Å²) in [7, 11) is -3.18. The van der Waals surface area contributed by atoms with Crippen molar-refractivity contribution < 1.29 is 23.1 Å². The fourth-order valence-corrected chi connectivity index (χ4v) is 3.57. The molecular formula is C12H21N3O5S. The Kier molecular flexibility index (Phi) is 4.84. The van der Waals surface area contributed by atoms with Crippen LogP contribution in [0.4, 0.5) is 0 Å². The van der Waals surface area contributed by atoms with Gasteiger partial charge in [-0.15, -0.1) is 0 Å². The monoisotopic (exact) mass is 319 g/mol. The van der Waals surface area contributed by atoms with Crippen LogP contribution in [0.25, 0.3) is 0 Å². The molecule has 2 saturated heterocycles. The molecule has 0 aliphatic carbocycles. The number of sulfonamides is 1. The molecule has 2 rings (SSSR count). The Labute approximate surface area is 124 Å². The number of carboxylic acids is 1. The van der Waals surface area contributed by atoms with Crippen LogP contribution in [0, 0.1) is 5.92 Å². The first-order valence-electron chi connectivity index (χ1n) is 6.93. The van der Waals surface area contributed by atoms with Crippen molar-refractivity contribution in [2.24, 2.45) is 5.92 Å². The van der Waals surface area contributed by atoms with Crippen molar-refractivity contribution in [1.29, 1.82) is 0 Å². The second-order valence-corrected chi connectivity index (χ2v) is 7.68. The summed E-state index contributed by atoms with van der Waals surface area (Å²) in [5.41, 5.74) is 0. The Bertz CT molecular complexity index is 507. The topological polar surface area (TPSA) is 98.2 Å². The molecule has 2 fully saturated rings. The maximum Gasteiger partial charge on any atom is 0.303 e. The molecule has 21 heavy (non-hydrogen) atoms. The number of carboxylic acid groups (broad SMARTS) is 1. The molecule has 0 unspecified atom stereocenters. The van der Waals surface area contributed by atoms with Crippen LogP contribution in [0.5, 0.6) is 0 Å². The summed E-state index contributed by atoms with van der Waals surface area (Å²) in [6.07, 6.45) is 1.32. The molecule has 0 aromatic rings. The van der Waals surface area contributed by atoms with Crippen molar-refractivity contribution in [2.75, 3.05) is 52.1 Å². The van der Waals surface area contributed by atoms with Crippen LogP contribution >= 0.6 is 0 Å². The number of nitrogens with zero attached hydrogens (tertiary/aromatic N) is 3. The minimum Gasteiger partial charge on any atom is -0.481 e. The van der Waals surface area contributed by atoms with Crippen molar-refractivity contribution in [3.63, 3.8) is 0 Å². The number of piperazine rings is 1. The van der Waals surface area contributed by atoms with Crippen LogP contribution in [0.15, 0.2) is 0 Å². The van der Waals surface area contributed by atoms with E-state index in [9.17, 15) is 18.0 Å². The van der Waals surface area contributed by atoms with Gasteiger partial charge in [-0.05, 0) is 5.92 Å². The van der Waals surface area contributed by atoms with Gasteiger partial charge in [0.1, 0.15) is 0 Å². The van der Waals surface area contributed by atoms with Gasteiger partial charge in [-0.3, -0.25) is 14.5 Å². The Morgan fingerprint density at radius 1 is 1.14 bits per heavy atom. The predicted octanol–water partition coefficient (Wildman–Crippen LogP) is -1.50. The summed E-state index contributed by atoms with van der Waals surface area (Å²) >= 11 is 0. The SMILES string of the molecule is CS(=O)(=O)N1CCN(C(=O)CN2CC(CC(=O)O)C2)CC1. The molecule has 0 radical (unpaired) electrons. The van der Waals surface area contributed by atoms with Gasteiger partial charge in [-0.1, -0.05) is 0 Å². The summed E-state index contributed by atoms with van der Waals surface area (Å²) in [5, 5.41) is 8.66. The van der Waals surface area contributed by atoms with E-state index in [1.54, 1.807) is 4.90 Å². The van der Waals surface area contributed by atoms with E-state index in [0.29, 0.717) is 39.3 Å². The molecule has 8 nitrogen and oxygen atoms in total. The third-order valence-corrected chi connectivity index (χ3v) is 5.22. The van der Waals surface area contributed by atoms with Gasteiger partial charge in [0.15, 0.2) is 0 Å². The van der Waals surface area contributed by atoms with Crippen molar-refractivity contribution in [3.05, 3.63) is 0 Å². The zero-order valence-electron chi connectivity index (χ0n) is 12.1. The summed E-state index contributed by atoms with van der Waals surface area (Å²) in [4.78, 5) is 26.2. The molecule has 2 heterocycles. The molecule has 0 saturated carbocycles. The van der Waals surface area contributed by atoms with E-state index >= 15 is 0 Å². The maximum atomic E-state index is 12.1. The second-order valence-electron chi connectivity index (χ2n) is 5.70. The zero-order chi connectivity index (χ0) is 15.6. The number of hydrogen-bond acceptors (Lipinski definition) is 5. The van der Waals surface area contributed by atoms with E-state index in [1.165, 1.54) is 10.6 Å². The molecular weight excluding hydrogens is 298 g/mol. The van der Waals surface area contributed by atoms with E-state index in [0.717, 1.165) is 0 Å². The van der Waals surface area contributed by atoms with Gasteiger partial charge in [-0.25, -0.2) is 8.42 Å². The molecule has 0 bridgehead atoms. The summed E-state index contributed by atoms with van der Waals surface area (Å²) in [5.74, 6) is -0.683. The molecule has 2 aliphatic heterocycles. The standard InChI is InChI=1S/C12H21N3O5S/c1-21(19,20)15-4-2-14(3-5-15)11(16)9-13-7-10(8-13)6-12(17)18/h10H,2-9H2,1H3,(H,17,18). The van der Waals surface area contributed by atoms with Gasteiger partial charge in [-0.2, -0.15) is 4.31 Å². The van der Waals surface area contributed by atoms with Crippen LogP contribution in [0.2, 0.25) is 0 Å². The van der Waals surface area contributed by atoms with Crippen LogP contribution in [-0.2, 0) is 19.6 Å². The second kappa shape index (κ2) is 6.29. The van der Waals surface area contributed by atoms with E-state index in [4.69, 9.17) is 5.11 Å². The first-order valence-corrected chi connectivity index (χ1v) is 8.77. The highest BCUT2D eigenvalue weighted by Gasteiger charge is 2.32. The highest BCUT2D eigenvalue weighted by atomic mass is 32.2. The van der Waals surface area contributed by atoms with Gasteiger partial charge >= 0.3 is 5.97 Å². The minimum absolute atomic E-state index is 0.0167. The Morgan fingerprint density at radius 3 is 2.19 bits per heavy atom. The number of carbonyl (C=O) groups is 2. The first kappa shape index (κ1) is 16.2. The van der Waals surface area contributed by atoms with Crippen molar-refractivity contribution >= 4 is 21.9 Å². The number of carbonyl (C=O) groups excluding carboxylic acids is 1. The molecule has 9 heteroatoms. The van der Waals surface area contributed by atoms with Crippen molar-refractivity contribution in [2.45, 2.75) is 6.42 Å². The predicted molar refractivity (Wildman–Crippen MR) is 75.2 cm³/mol. The van der Waals surface area contributed by atoms with Crippen LogP contribution < -0.4 is 0 Å². The normalized spacial score (nSPS) is 22.0. The maximum absolute atomic E-state index is 12.1. The Hall–Kier alpha value is -1.19. The lowest BCUT2D eigenvalue weighted by molar-refractivity contribution is -0.140. The fraction of sp³-hybridized carbons (Fsp3) is 0.833. The number of aliphatic carboxylic acids is 1. The zero-order valence-corrected chi connectivity index (χ0v) is 12.9. The minimum atomic E-state index is -3.18. The molecule has 0 aromatic heterocycles. The van der Waals surface area contributed by atoms with Gasteiger partial charge < -0.3 is 10.0 Å². The molecule has 120 valence electrons. The fourth-order valence-electron chi connectivity index (χ4n) is 2.74. The third-order valence-electron chi connectivity index (χ3n) is 3.92. The molecule has 1 amide bonds. The van der Waals surface area contributed by atoms with Gasteiger partial charge in [0.05, 0.1) is 19.2 Å². The molecule has 0 aromatic carbocycles. The summed E-state index contributed by atoms with van der Waals surface area (Å²) < 4.78 is 24.2. The van der Waals surface area contributed by atoms with Crippen molar-refractivity contribution in [3.8, 4) is 0 Å². The number of hydrogen-bond donors (Lipinski definition) is 1. The van der Waals surface area contributed by atoms with Gasteiger partial charge in [0.25, 0.3) is 0 Å². The smallest absolute Gasteiger partial charge is 0.303 e. The molecule has 0 spiro atoms. The molecule has 2 aliphatic rings. The highest BCUT2D eigenvalue weighted by molar-refractivity contribution is 7.88. The first-order chi connectivity index (χ1) is 9.75. The largest absolute Gasteiger partial charge is 0.481 e. The van der Waals surface area contributed by atoms with Crippen molar-refractivity contribution in [1.82, 2.24) is 14.1 Å². The van der Waals surface area contributed by atoms with Crippen LogP contribution in [0.3, 0.4) is 0 Å². The van der Waals surface area contributed by atoms with E-state index < -0.39 is 16.0 Å². The average molecular weight is 319 g/mol. The average Bonchev–Trinajstić information content (AvgIpc) is 2.34. The number of rotatable bonds is 5. The number of likely N-dealkylation sites (tertiary alicyclic amines) is 1. The molecule has 0 atom stereocenters. The van der Waals surface area contributed by atoms with Gasteiger partial charge in [0.2, 0.25) is 15.9 Å². The highest BCUT2D eigenvalue weighted by Crippen LogP contribution is 2.19. The summed E-state index contributed by atoms with van der Waals surface area (Å²) in [6.45, 7) is 3.08. The van der Waals surface area contributed by atoms with E-state index in [-0.39, 0.29) is 24.8 Å². The third kappa shape index (κ3) is 4.39. The lowest BCUT2D eigenvalue weighted by Gasteiger charge is -2.40. The van der Waals surface area contributed by atoms with E-state index in [2.05, 4.69) is 0 Å². The molecule has 1 N–H and O–H groups in total. The van der Waals surface area contributed by atoms with Crippen LogP contribution in [0.1, 0.15) is 6.42 Å². The van der Waals surface area contributed by atoms with Crippen LogP contribution in [-0.4, -0.2) is 91.6 Å². The lowest BCUT2D eigenvalue weighted by Crippen LogP contribution is -2.55. The van der Waals surface area contributed by atoms with Gasteiger partial charge in [0, 0.05) is 39.3 Å². The quantitative estimate of drug-likeness (QED) is 0.662. The Morgan fingerprint density at radius 2 is 1.71 bits per heavy atom. The Balaban J connectivity index is 1.70. The summed E-state index contributed by atoms with van der Waals surface area (Å²) in [6, 6.07) is 0. The van der Waals surface area contributed by atoms with E-state index in [1.807, 2.05) is 4.90 Å². The number of amides is 1. The lowest BCUT2D eigenvalue weighted by atomic mass is 9.96.